The Balaban J connectivity index is 1.81. The van der Waals surface area contributed by atoms with E-state index in [-0.39, 0.29) is 11.1 Å². The average Bonchev–Trinajstić information content (AvgIpc) is 2.97. The standard InChI is InChI=1S/C17H16F3N5O/c1-10-7-11(17(18,19)20)8-14(26)16(10)13-4-3-12(23-24-13)9-21-15-5-6-22-25(15)2/h3-8,21,26H,9H2,1-2H3. The summed E-state index contributed by atoms with van der Waals surface area (Å²) in [6.07, 6.45) is -2.86. The van der Waals surface area contributed by atoms with Crippen LogP contribution in [0.1, 0.15) is 16.8 Å². The van der Waals surface area contributed by atoms with Crippen molar-refractivity contribution in [3.8, 4) is 17.0 Å². The smallest absolute Gasteiger partial charge is 0.416 e. The quantitative estimate of drug-likeness (QED) is 0.742. The second-order valence-electron chi connectivity index (χ2n) is 5.79. The Bertz CT molecular complexity index is 896. The lowest BCUT2D eigenvalue weighted by Gasteiger charge is -2.13. The van der Waals surface area contributed by atoms with Crippen molar-refractivity contribution >= 4 is 5.82 Å². The predicted molar refractivity (Wildman–Crippen MR) is 89.4 cm³/mol. The zero-order chi connectivity index (χ0) is 18.9. The van der Waals surface area contributed by atoms with Crippen LogP contribution in [0.25, 0.3) is 11.3 Å². The molecule has 0 saturated heterocycles. The first-order chi connectivity index (χ1) is 12.3. The van der Waals surface area contributed by atoms with E-state index in [0.717, 1.165) is 11.9 Å². The topological polar surface area (TPSA) is 75.9 Å². The van der Waals surface area contributed by atoms with E-state index in [1.807, 2.05) is 6.07 Å². The van der Waals surface area contributed by atoms with Gasteiger partial charge in [-0.15, -0.1) is 0 Å². The van der Waals surface area contributed by atoms with Crippen molar-refractivity contribution in [1.29, 1.82) is 0 Å². The number of hydrogen-bond donors (Lipinski definition) is 2. The molecule has 3 rings (SSSR count). The van der Waals surface area contributed by atoms with Crippen LogP contribution in [0.3, 0.4) is 0 Å². The van der Waals surface area contributed by atoms with Gasteiger partial charge in [-0.3, -0.25) is 4.68 Å². The normalized spacial score (nSPS) is 11.6. The number of aryl methyl sites for hydroxylation is 2. The van der Waals surface area contributed by atoms with Gasteiger partial charge in [0.2, 0.25) is 0 Å². The van der Waals surface area contributed by atoms with Crippen molar-refractivity contribution in [2.24, 2.45) is 7.05 Å². The lowest BCUT2D eigenvalue weighted by Crippen LogP contribution is -2.07. The number of aromatic nitrogens is 4. The molecule has 0 atom stereocenters. The molecular weight excluding hydrogens is 347 g/mol. The minimum absolute atomic E-state index is 0.233. The van der Waals surface area contributed by atoms with Gasteiger partial charge in [-0.25, -0.2) is 0 Å². The third-order valence-electron chi connectivity index (χ3n) is 3.89. The van der Waals surface area contributed by atoms with E-state index >= 15 is 0 Å². The number of phenols is 1. The minimum atomic E-state index is -4.52. The Labute approximate surface area is 147 Å². The highest BCUT2D eigenvalue weighted by Gasteiger charge is 2.32. The van der Waals surface area contributed by atoms with Gasteiger partial charge >= 0.3 is 6.18 Å². The maximum Gasteiger partial charge on any atom is 0.416 e. The van der Waals surface area contributed by atoms with Gasteiger partial charge in [-0.1, -0.05) is 0 Å². The van der Waals surface area contributed by atoms with E-state index < -0.39 is 17.5 Å². The van der Waals surface area contributed by atoms with E-state index in [4.69, 9.17) is 0 Å². The van der Waals surface area contributed by atoms with Crippen LogP contribution < -0.4 is 5.32 Å². The van der Waals surface area contributed by atoms with Crippen molar-refractivity contribution in [2.75, 3.05) is 5.32 Å². The number of benzene rings is 1. The Morgan fingerprint density at radius 3 is 2.46 bits per heavy atom. The van der Waals surface area contributed by atoms with Crippen LogP contribution in [-0.2, 0) is 19.8 Å². The molecule has 0 fully saturated rings. The number of nitrogens with zero attached hydrogens (tertiary/aromatic N) is 4. The Morgan fingerprint density at radius 2 is 1.92 bits per heavy atom. The molecule has 9 heteroatoms. The van der Waals surface area contributed by atoms with E-state index in [1.165, 1.54) is 6.92 Å². The summed E-state index contributed by atoms with van der Waals surface area (Å²) in [6, 6.07) is 6.80. The molecule has 2 N–H and O–H groups in total. The Kier molecular flexibility index (Phi) is 4.54. The summed E-state index contributed by atoms with van der Waals surface area (Å²) < 4.78 is 40.1. The molecule has 26 heavy (non-hydrogen) atoms. The molecule has 6 nitrogen and oxygen atoms in total. The van der Waals surface area contributed by atoms with Crippen LogP contribution in [0.15, 0.2) is 36.5 Å². The van der Waals surface area contributed by atoms with Crippen molar-refractivity contribution < 1.29 is 18.3 Å². The first kappa shape index (κ1) is 17.7. The molecule has 2 heterocycles. The lowest BCUT2D eigenvalue weighted by atomic mass is 10.0. The van der Waals surface area contributed by atoms with Crippen molar-refractivity contribution in [3.63, 3.8) is 0 Å². The highest BCUT2D eigenvalue weighted by molar-refractivity contribution is 5.71. The second kappa shape index (κ2) is 6.66. The lowest BCUT2D eigenvalue weighted by molar-refractivity contribution is -0.137. The van der Waals surface area contributed by atoms with Gasteiger partial charge in [0.25, 0.3) is 0 Å². The van der Waals surface area contributed by atoms with E-state index in [2.05, 4.69) is 20.6 Å². The van der Waals surface area contributed by atoms with Gasteiger partial charge in [0.15, 0.2) is 0 Å². The molecule has 2 aromatic heterocycles. The Morgan fingerprint density at radius 1 is 1.15 bits per heavy atom. The molecule has 0 amide bonds. The maximum absolute atomic E-state index is 12.8. The van der Waals surface area contributed by atoms with E-state index in [1.54, 1.807) is 30.1 Å². The predicted octanol–water partition coefficient (Wildman–Crippen LogP) is 3.52. The molecule has 0 bridgehead atoms. The SMILES string of the molecule is Cc1cc(C(F)(F)F)cc(O)c1-c1ccc(CNc2ccnn2C)nn1. The van der Waals surface area contributed by atoms with Crippen LogP contribution in [-0.4, -0.2) is 25.1 Å². The van der Waals surface area contributed by atoms with Crippen LogP contribution >= 0.6 is 0 Å². The van der Waals surface area contributed by atoms with Crippen molar-refractivity contribution in [3.05, 3.63) is 53.3 Å². The molecule has 0 aliphatic heterocycles. The van der Waals surface area contributed by atoms with Gasteiger partial charge < -0.3 is 10.4 Å². The monoisotopic (exact) mass is 363 g/mol. The summed E-state index contributed by atoms with van der Waals surface area (Å²) in [7, 11) is 1.80. The molecule has 0 radical (unpaired) electrons. The van der Waals surface area contributed by atoms with Crippen LogP contribution in [0.2, 0.25) is 0 Å². The number of phenolic OH excluding ortho intramolecular Hbond substituents is 1. The molecule has 0 aliphatic rings. The number of aromatic hydroxyl groups is 1. The van der Waals surface area contributed by atoms with Crippen LogP contribution in [0.5, 0.6) is 5.75 Å². The number of rotatable bonds is 4. The zero-order valence-electron chi connectivity index (χ0n) is 14.0. The summed E-state index contributed by atoms with van der Waals surface area (Å²) in [5, 5.41) is 25.3. The van der Waals surface area contributed by atoms with E-state index in [0.29, 0.717) is 24.0 Å². The molecular formula is C17H16F3N5O. The largest absolute Gasteiger partial charge is 0.507 e. The third kappa shape index (κ3) is 3.61. The average molecular weight is 363 g/mol. The fourth-order valence-electron chi connectivity index (χ4n) is 2.58. The number of anilines is 1. The molecule has 0 saturated carbocycles. The highest BCUT2D eigenvalue weighted by atomic mass is 19.4. The summed E-state index contributed by atoms with van der Waals surface area (Å²) in [5.41, 5.74) is 0.544. The summed E-state index contributed by atoms with van der Waals surface area (Å²) in [4.78, 5) is 0. The molecule has 0 spiro atoms. The summed E-state index contributed by atoms with van der Waals surface area (Å²) in [5.74, 6) is 0.333. The van der Waals surface area contributed by atoms with Crippen LogP contribution in [0.4, 0.5) is 19.0 Å². The van der Waals surface area contributed by atoms with Gasteiger partial charge in [-0.2, -0.15) is 28.5 Å². The van der Waals surface area contributed by atoms with Gasteiger partial charge in [-0.05, 0) is 36.8 Å². The highest BCUT2D eigenvalue weighted by Crippen LogP contribution is 2.38. The molecule has 3 aromatic rings. The van der Waals surface area contributed by atoms with Crippen LogP contribution in [0, 0.1) is 6.92 Å². The maximum atomic E-state index is 12.8. The third-order valence-corrected chi connectivity index (χ3v) is 3.89. The zero-order valence-corrected chi connectivity index (χ0v) is 14.0. The molecule has 1 aromatic carbocycles. The second-order valence-corrected chi connectivity index (χ2v) is 5.79. The molecule has 0 aliphatic carbocycles. The summed E-state index contributed by atoms with van der Waals surface area (Å²) in [6.45, 7) is 1.90. The number of nitrogens with one attached hydrogen (secondary N) is 1. The van der Waals surface area contributed by atoms with Gasteiger partial charge in [0, 0.05) is 18.7 Å². The van der Waals surface area contributed by atoms with Crippen molar-refractivity contribution in [2.45, 2.75) is 19.6 Å². The van der Waals surface area contributed by atoms with Crippen molar-refractivity contribution in [1.82, 2.24) is 20.0 Å². The van der Waals surface area contributed by atoms with E-state index in [9.17, 15) is 18.3 Å². The number of hydrogen-bond acceptors (Lipinski definition) is 5. The molecule has 136 valence electrons. The minimum Gasteiger partial charge on any atom is -0.507 e. The number of alkyl halides is 3. The first-order valence-electron chi connectivity index (χ1n) is 7.71. The molecule has 0 unspecified atom stereocenters. The fraction of sp³-hybridized carbons (Fsp3) is 0.235. The number of halogens is 3. The Hall–Kier alpha value is -3.10. The van der Waals surface area contributed by atoms with Gasteiger partial charge in [0.1, 0.15) is 11.6 Å². The summed E-state index contributed by atoms with van der Waals surface area (Å²) >= 11 is 0. The van der Waals surface area contributed by atoms with Gasteiger partial charge in [0.05, 0.1) is 29.7 Å². The first-order valence-corrected chi connectivity index (χ1v) is 7.71. The fourth-order valence-corrected chi connectivity index (χ4v) is 2.58.